The lowest BCUT2D eigenvalue weighted by Gasteiger charge is -2.27. The normalized spacial score (nSPS) is 19.7. The minimum absolute atomic E-state index is 0.0250. The first kappa shape index (κ1) is 16.0. The summed E-state index contributed by atoms with van der Waals surface area (Å²) >= 11 is 6.19. The molecule has 1 aliphatic heterocycles. The maximum Gasteiger partial charge on any atom is 0.118 e. The molecule has 2 N–H and O–H groups in total. The van der Waals surface area contributed by atoms with Crippen LogP contribution in [0.25, 0.3) is 5.41 Å². The summed E-state index contributed by atoms with van der Waals surface area (Å²) < 4.78 is 0. The van der Waals surface area contributed by atoms with Crippen LogP contribution in [0.15, 0.2) is 46.1 Å². The number of nitrogens with two attached hydrogens (primary N) is 1. The number of benzene rings is 1. The van der Waals surface area contributed by atoms with Crippen molar-refractivity contribution in [3.05, 3.63) is 57.1 Å². The van der Waals surface area contributed by atoms with Crippen molar-refractivity contribution in [3.8, 4) is 18.2 Å². The zero-order valence-corrected chi connectivity index (χ0v) is 12.4. The van der Waals surface area contributed by atoms with Gasteiger partial charge >= 0.3 is 0 Å². The van der Waals surface area contributed by atoms with Crippen LogP contribution in [0.2, 0.25) is 5.02 Å². The van der Waals surface area contributed by atoms with Crippen LogP contribution in [0.4, 0.5) is 0 Å². The van der Waals surface area contributed by atoms with Gasteiger partial charge in [0.25, 0.3) is 0 Å². The molecule has 1 heterocycles. The van der Waals surface area contributed by atoms with Crippen molar-refractivity contribution in [2.24, 2.45) is 16.6 Å². The van der Waals surface area contributed by atoms with Crippen LogP contribution in [-0.4, -0.2) is 11.7 Å². The third-order valence-electron chi connectivity index (χ3n) is 3.42. The van der Waals surface area contributed by atoms with Crippen molar-refractivity contribution >= 4 is 23.3 Å². The van der Waals surface area contributed by atoms with E-state index in [1.54, 1.807) is 36.2 Å². The molecule has 0 aliphatic carbocycles. The molecule has 0 fully saturated rings. The van der Waals surface area contributed by atoms with E-state index in [1.807, 2.05) is 12.1 Å². The molecule has 0 aromatic heterocycles. The van der Waals surface area contributed by atoms with Gasteiger partial charge in [0.1, 0.15) is 23.5 Å². The number of halogens is 1. The van der Waals surface area contributed by atoms with Crippen molar-refractivity contribution in [1.82, 2.24) is 0 Å². The van der Waals surface area contributed by atoms with Crippen molar-refractivity contribution in [2.75, 3.05) is 0 Å². The van der Waals surface area contributed by atoms with Crippen LogP contribution in [0.5, 0.6) is 0 Å². The third kappa shape index (κ3) is 2.71. The van der Waals surface area contributed by atoms with Crippen LogP contribution >= 0.6 is 11.6 Å². The van der Waals surface area contributed by atoms with Crippen LogP contribution in [-0.2, 0) is 0 Å². The lowest BCUT2D eigenvalue weighted by molar-refractivity contribution is 0.704. The highest BCUT2D eigenvalue weighted by molar-refractivity contribution is 6.31. The van der Waals surface area contributed by atoms with E-state index >= 15 is 0 Å². The van der Waals surface area contributed by atoms with Crippen molar-refractivity contribution in [3.63, 3.8) is 0 Å². The fourth-order valence-corrected chi connectivity index (χ4v) is 2.64. The van der Waals surface area contributed by atoms with Crippen molar-refractivity contribution < 1.29 is 0 Å². The maximum atomic E-state index is 9.52. The predicted octanol–water partition coefficient (Wildman–Crippen LogP) is 2.40. The lowest BCUT2D eigenvalue weighted by atomic mass is 9.77. The number of nitriles is 3. The molecule has 2 rings (SSSR count). The second-order valence-electron chi connectivity index (χ2n) is 4.62. The molecule has 1 aromatic rings. The Morgan fingerprint density at radius 1 is 1.26 bits per heavy atom. The van der Waals surface area contributed by atoms with E-state index in [9.17, 15) is 10.5 Å². The average molecular weight is 320 g/mol. The fourth-order valence-electron chi connectivity index (χ4n) is 2.39. The molecule has 0 amide bonds. The van der Waals surface area contributed by atoms with Crippen molar-refractivity contribution in [2.45, 2.75) is 5.92 Å². The SMILES string of the molecule is N#CC(=C=[N-])C1=C(C#N)[C@H](c2ccccc2Cl)C(C#N)C(N)=N1. The molecule has 0 bridgehead atoms. The number of amidine groups is 1. The number of allylic oxidation sites excluding steroid dienone is 2. The monoisotopic (exact) mass is 319 g/mol. The topological polar surface area (TPSA) is 132 Å². The largest absolute Gasteiger partial charge is 0.762 e. The molecule has 6 nitrogen and oxygen atoms in total. The predicted molar refractivity (Wildman–Crippen MR) is 85.0 cm³/mol. The molecule has 7 heteroatoms. The average Bonchev–Trinajstić information content (AvgIpc) is 2.56. The molecular weight excluding hydrogens is 312 g/mol. The van der Waals surface area contributed by atoms with E-state index in [2.05, 4.69) is 4.99 Å². The molecule has 23 heavy (non-hydrogen) atoms. The van der Waals surface area contributed by atoms with Crippen LogP contribution in [0.3, 0.4) is 0 Å². The van der Waals surface area contributed by atoms with Gasteiger partial charge in [0, 0.05) is 10.9 Å². The summed E-state index contributed by atoms with van der Waals surface area (Å²) in [5.74, 6) is -0.0661. The van der Waals surface area contributed by atoms with Crippen molar-refractivity contribution in [1.29, 1.82) is 15.8 Å². The number of aliphatic imine (C=N–C) groups is 1. The fraction of sp³-hybridized carbons (Fsp3) is 0.125. The van der Waals surface area contributed by atoms with E-state index in [4.69, 9.17) is 28.0 Å². The summed E-state index contributed by atoms with van der Waals surface area (Å²) in [5.41, 5.74) is 5.93. The molecule has 2 atom stereocenters. The first-order valence-corrected chi connectivity index (χ1v) is 6.76. The highest BCUT2D eigenvalue weighted by atomic mass is 35.5. The van der Waals surface area contributed by atoms with Gasteiger partial charge in [-0.3, -0.25) is 0 Å². The zero-order valence-electron chi connectivity index (χ0n) is 11.7. The molecule has 0 radical (unpaired) electrons. The highest BCUT2D eigenvalue weighted by Crippen LogP contribution is 2.41. The number of hydrogen-bond acceptors (Lipinski definition) is 5. The summed E-state index contributed by atoms with van der Waals surface area (Å²) in [6.45, 7) is 0. The Morgan fingerprint density at radius 2 is 1.96 bits per heavy atom. The Hall–Kier alpha value is -3.36. The summed E-state index contributed by atoms with van der Waals surface area (Å²) in [6, 6.07) is 12.4. The van der Waals surface area contributed by atoms with Crippen LogP contribution in [0, 0.1) is 39.9 Å². The van der Waals surface area contributed by atoms with Gasteiger partial charge in [0.05, 0.1) is 23.3 Å². The smallest absolute Gasteiger partial charge is 0.118 e. The van der Waals surface area contributed by atoms with E-state index in [0.717, 1.165) is 0 Å². The quantitative estimate of drug-likeness (QED) is 0.661. The van der Waals surface area contributed by atoms with Gasteiger partial charge in [-0.25, -0.2) is 10.9 Å². The summed E-state index contributed by atoms with van der Waals surface area (Å²) in [4.78, 5) is 3.94. The Kier molecular flexibility index (Phi) is 4.60. The minimum atomic E-state index is -0.910. The van der Waals surface area contributed by atoms with Crippen LogP contribution in [0.1, 0.15) is 11.5 Å². The second kappa shape index (κ2) is 6.60. The molecule has 1 aromatic carbocycles. The molecule has 0 spiro atoms. The second-order valence-corrected chi connectivity index (χ2v) is 5.02. The molecule has 0 saturated carbocycles. The van der Waals surface area contributed by atoms with Gasteiger partial charge < -0.3 is 11.1 Å². The van der Waals surface area contributed by atoms with E-state index in [-0.39, 0.29) is 22.7 Å². The van der Waals surface area contributed by atoms with Crippen LogP contribution < -0.4 is 5.73 Å². The van der Waals surface area contributed by atoms with Gasteiger partial charge in [-0.2, -0.15) is 15.8 Å². The summed E-state index contributed by atoms with van der Waals surface area (Å²) in [6.07, 6.45) is 0. The van der Waals surface area contributed by atoms with Gasteiger partial charge in [-0.1, -0.05) is 29.8 Å². The third-order valence-corrected chi connectivity index (χ3v) is 3.76. The Morgan fingerprint density at radius 3 is 2.48 bits per heavy atom. The van der Waals surface area contributed by atoms with Gasteiger partial charge in [0.2, 0.25) is 0 Å². The summed E-state index contributed by atoms with van der Waals surface area (Å²) in [7, 11) is 0. The standard InChI is InChI=1S/C16H8ClN6/c17-13-4-2-1-3-10(13)14-11(7-20)15(9(5-18)6-19)23-16(22)12(14)8-21/h1-4,12,14H,(H2,22,23)/q-1/t12?,14-/m0/s1. The van der Waals surface area contributed by atoms with E-state index in [0.29, 0.717) is 10.6 Å². The Balaban J connectivity index is 2.82. The first-order chi connectivity index (χ1) is 11.1. The molecule has 0 saturated heterocycles. The first-order valence-electron chi connectivity index (χ1n) is 6.38. The molecular formula is C16H8ClN6-. The lowest BCUT2D eigenvalue weighted by Crippen LogP contribution is -2.33. The Bertz CT molecular complexity index is 900. The number of rotatable bonds is 2. The molecule has 110 valence electrons. The van der Waals surface area contributed by atoms with Gasteiger partial charge in [-0.15, -0.1) is 0 Å². The Labute approximate surface area is 137 Å². The van der Waals surface area contributed by atoms with Gasteiger partial charge in [-0.05, 0) is 11.6 Å². The maximum absolute atomic E-state index is 9.52. The summed E-state index contributed by atoms with van der Waals surface area (Å²) in [5, 5.41) is 37.4. The molecule has 1 unspecified atom stereocenters. The van der Waals surface area contributed by atoms with Gasteiger partial charge in [0.15, 0.2) is 0 Å². The zero-order chi connectivity index (χ0) is 17.0. The van der Waals surface area contributed by atoms with E-state index < -0.39 is 11.8 Å². The highest BCUT2D eigenvalue weighted by Gasteiger charge is 2.37. The molecule has 1 aliphatic rings. The van der Waals surface area contributed by atoms with E-state index in [1.165, 1.54) is 0 Å². The number of hydrogen-bond donors (Lipinski definition) is 1. The number of nitrogens with zero attached hydrogens (tertiary/aromatic N) is 5. The minimum Gasteiger partial charge on any atom is -0.762 e.